The molecular formula is C19H26N4O. The van der Waals surface area contributed by atoms with Crippen LogP contribution >= 0.6 is 0 Å². The van der Waals surface area contributed by atoms with E-state index >= 15 is 0 Å². The van der Waals surface area contributed by atoms with Gasteiger partial charge in [-0.1, -0.05) is 12.1 Å². The summed E-state index contributed by atoms with van der Waals surface area (Å²) in [6.07, 6.45) is 2.08. The van der Waals surface area contributed by atoms with Crippen molar-refractivity contribution < 1.29 is 4.79 Å². The molecule has 2 fully saturated rings. The van der Waals surface area contributed by atoms with Gasteiger partial charge in [-0.05, 0) is 50.3 Å². The first kappa shape index (κ1) is 16.8. The van der Waals surface area contributed by atoms with Crippen LogP contribution in [0.3, 0.4) is 0 Å². The van der Waals surface area contributed by atoms with Crippen molar-refractivity contribution in [1.82, 2.24) is 10.2 Å². The second kappa shape index (κ2) is 6.82. The van der Waals surface area contributed by atoms with E-state index < -0.39 is 5.54 Å². The fourth-order valence-corrected chi connectivity index (χ4v) is 3.40. The first-order valence-corrected chi connectivity index (χ1v) is 8.76. The van der Waals surface area contributed by atoms with Gasteiger partial charge in [-0.3, -0.25) is 9.69 Å². The molecule has 128 valence electrons. The second-order valence-corrected chi connectivity index (χ2v) is 7.24. The summed E-state index contributed by atoms with van der Waals surface area (Å²) in [5.74, 6) is 0.291. The molecule has 2 aliphatic rings. The Kier molecular flexibility index (Phi) is 4.77. The predicted molar refractivity (Wildman–Crippen MR) is 94.7 cm³/mol. The molecule has 0 aromatic heterocycles. The van der Waals surface area contributed by atoms with Crippen LogP contribution in [0.2, 0.25) is 0 Å². The Labute approximate surface area is 144 Å². The van der Waals surface area contributed by atoms with E-state index in [1.807, 2.05) is 6.92 Å². The number of carbonyl (C=O) groups is 1. The minimum Gasteiger partial charge on any atom is -0.369 e. The SMILES string of the molecule is Cc1cccc(N2CCN(CC(=O)NC(C)(C#N)C3CC3)CC2)c1. The van der Waals surface area contributed by atoms with E-state index in [-0.39, 0.29) is 5.91 Å². The summed E-state index contributed by atoms with van der Waals surface area (Å²) in [6.45, 7) is 7.92. The molecule has 1 amide bonds. The molecule has 1 saturated heterocycles. The molecule has 1 saturated carbocycles. The van der Waals surface area contributed by atoms with Gasteiger partial charge in [0.25, 0.3) is 0 Å². The van der Waals surface area contributed by atoms with E-state index in [0.29, 0.717) is 12.5 Å². The molecule has 1 heterocycles. The average molecular weight is 326 g/mol. The van der Waals surface area contributed by atoms with Crippen molar-refractivity contribution in [3.8, 4) is 6.07 Å². The molecule has 0 spiro atoms. The van der Waals surface area contributed by atoms with E-state index in [9.17, 15) is 10.1 Å². The zero-order valence-corrected chi connectivity index (χ0v) is 14.6. The van der Waals surface area contributed by atoms with Crippen LogP contribution in [0.1, 0.15) is 25.3 Å². The Morgan fingerprint density at radius 2 is 2.04 bits per heavy atom. The van der Waals surface area contributed by atoms with Gasteiger partial charge in [0.15, 0.2) is 0 Å². The van der Waals surface area contributed by atoms with Gasteiger partial charge in [0.2, 0.25) is 5.91 Å². The van der Waals surface area contributed by atoms with Gasteiger partial charge < -0.3 is 10.2 Å². The topological polar surface area (TPSA) is 59.4 Å². The van der Waals surface area contributed by atoms with Gasteiger partial charge >= 0.3 is 0 Å². The summed E-state index contributed by atoms with van der Waals surface area (Å²) in [5, 5.41) is 12.3. The smallest absolute Gasteiger partial charge is 0.235 e. The number of aryl methyl sites for hydroxylation is 1. The van der Waals surface area contributed by atoms with Crippen LogP contribution in [0.5, 0.6) is 0 Å². The average Bonchev–Trinajstić information content (AvgIpc) is 3.41. The van der Waals surface area contributed by atoms with Crippen molar-refractivity contribution in [2.45, 2.75) is 32.2 Å². The Bertz CT molecular complexity index is 641. The number of nitrogens with one attached hydrogen (secondary N) is 1. The van der Waals surface area contributed by atoms with Crippen LogP contribution in [0.4, 0.5) is 5.69 Å². The first-order valence-electron chi connectivity index (χ1n) is 8.76. The summed E-state index contributed by atoms with van der Waals surface area (Å²) < 4.78 is 0. The Morgan fingerprint density at radius 1 is 1.33 bits per heavy atom. The Balaban J connectivity index is 1.48. The summed E-state index contributed by atoms with van der Waals surface area (Å²) in [4.78, 5) is 16.8. The van der Waals surface area contributed by atoms with Crippen molar-refractivity contribution in [2.24, 2.45) is 5.92 Å². The number of nitriles is 1. The lowest BCUT2D eigenvalue weighted by atomic mass is 9.98. The fraction of sp³-hybridized carbons (Fsp3) is 0.579. The van der Waals surface area contributed by atoms with E-state index in [0.717, 1.165) is 39.0 Å². The quantitative estimate of drug-likeness (QED) is 0.898. The molecule has 0 radical (unpaired) electrons. The molecule has 1 aromatic rings. The van der Waals surface area contributed by atoms with Crippen LogP contribution in [-0.2, 0) is 4.79 Å². The number of rotatable bonds is 5. The molecular weight excluding hydrogens is 300 g/mol. The molecule has 1 aromatic carbocycles. The Morgan fingerprint density at radius 3 is 2.62 bits per heavy atom. The van der Waals surface area contributed by atoms with E-state index in [1.165, 1.54) is 11.3 Å². The number of hydrogen-bond donors (Lipinski definition) is 1. The molecule has 24 heavy (non-hydrogen) atoms. The van der Waals surface area contributed by atoms with E-state index in [2.05, 4.69) is 52.4 Å². The molecule has 1 aliphatic carbocycles. The van der Waals surface area contributed by atoms with Gasteiger partial charge in [0, 0.05) is 31.9 Å². The van der Waals surface area contributed by atoms with Crippen LogP contribution in [-0.4, -0.2) is 49.1 Å². The molecule has 5 heteroatoms. The molecule has 1 unspecified atom stereocenters. The normalized spacial score (nSPS) is 21.0. The van der Waals surface area contributed by atoms with Crippen LogP contribution in [0.15, 0.2) is 24.3 Å². The standard InChI is InChI=1S/C19H26N4O/c1-15-4-3-5-17(12-15)23-10-8-22(9-11-23)13-18(24)21-19(2,14-20)16-6-7-16/h3-5,12,16H,6-11,13H2,1-2H3,(H,21,24). The predicted octanol–water partition coefficient (Wildman–Crippen LogP) is 1.93. The molecule has 1 aliphatic heterocycles. The summed E-state index contributed by atoms with van der Waals surface area (Å²) >= 11 is 0. The third-order valence-corrected chi connectivity index (χ3v) is 5.13. The minimum atomic E-state index is -0.694. The largest absolute Gasteiger partial charge is 0.369 e. The number of anilines is 1. The van der Waals surface area contributed by atoms with E-state index in [1.54, 1.807) is 0 Å². The molecule has 3 rings (SSSR count). The molecule has 5 nitrogen and oxygen atoms in total. The first-order chi connectivity index (χ1) is 11.5. The third kappa shape index (κ3) is 3.88. The van der Waals surface area contributed by atoms with Gasteiger partial charge in [-0.15, -0.1) is 0 Å². The maximum absolute atomic E-state index is 12.3. The highest BCUT2D eigenvalue weighted by molar-refractivity contribution is 5.79. The summed E-state index contributed by atoms with van der Waals surface area (Å²) in [7, 11) is 0. The molecule has 1 atom stereocenters. The molecule has 0 bridgehead atoms. The number of benzene rings is 1. The number of carbonyl (C=O) groups excluding carboxylic acids is 1. The van der Waals surface area contributed by atoms with Gasteiger partial charge in [0.05, 0.1) is 12.6 Å². The van der Waals surface area contributed by atoms with Gasteiger partial charge in [0.1, 0.15) is 5.54 Å². The zero-order valence-electron chi connectivity index (χ0n) is 14.6. The zero-order chi connectivity index (χ0) is 17.2. The lowest BCUT2D eigenvalue weighted by molar-refractivity contribution is -0.123. The van der Waals surface area contributed by atoms with Crippen molar-refractivity contribution in [2.75, 3.05) is 37.6 Å². The van der Waals surface area contributed by atoms with Gasteiger partial charge in [-0.2, -0.15) is 5.26 Å². The number of amides is 1. The van der Waals surface area contributed by atoms with E-state index in [4.69, 9.17) is 0 Å². The third-order valence-electron chi connectivity index (χ3n) is 5.13. The van der Waals surface area contributed by atoms with Gasteiger partial charge in [-0.25, -0.2) is 0 Å². The highest BCUT2D eigenvalue weighted by Gasteiger charge is 2.43. The monoisotopic (exact) mass is 326 g/mol. The van der Waals surface area contributed by atoms with Crippen LogP contribution in [0, 0.1) is 24.2 Å². The lowest BCUT2D eigenvalue weighted by Crippen LogP contribution is -2.53. The number of piperazine rings is 1. The van der Waals surface area contributed by atoms with Crippen LogP contribution < -0.4 is 10.2 Å². The minimum absolute atomic E-state index is 0.0324. The number of nitrogens with zero attached hydrogens (tertiary/aromatic N) is 3. The maximum Gasteiger partial charge on any atom is 0.235 e. The van der Waals surface area contributed by atoms with Crippen LogP contribution in [0.25, 0.3) is 0 Å². The molecule has 1 N–H and O–H groups in total. The highest BCUT2D eigenvalue weighted by atomic mass is 16.2. The lowest BCUT2D eigenvalue weighted by Gasteiger charge is -2.36. The van der Waals surface area contributed by atoms with Crippen molar-refractivity contribution >= 4 is 11.6 Å². The summed E-state index contributed by atoms with van der Waals surface area (Å²) in [6, 6.07) is 10.8. The fourth-order valence-electron chi connectivity index (χ4n) is 3.40. The Hall–Kier alpha value is -2.06. The van der Waals surface area contributed by atoms with Crippen molar-refractivity contribution in [3.63, 3.8) is 0 Å². The second-order valence-electron chi connectivity index (χ2n) is 7.24. The number of hydrogen-bond acceptors (Lipinski definition) is 4. The highest BCUT2D eigenvalue weighted by Crippen LogP contribution is 2.39. The maximum atomic E-state index is 12.3. The van der Waals surface area contributed by atoms with Crippen molar-refractivity contribution in [3.05, 3.63) is 29.8 Å². The van der Waals surface area contributed by atoms with Crippen molar-refractivity contribution in [1.29, 1.82) is 5.26 Å². The summed E-state index contributed by atoms with van der Waals surface area (Å²) in [5.41, 5.74) is 1.83.